The van der Waals surface area contributed by atoms with E-state index in [9.17, 15) is 9.59 Å². The first-order valence-corrected chi connectivity index (χ1v) is 9.96. The molecule has 0 unspecified atom stereocenters. The summed E-state index contributed by atoms with van der Waals surface area (Å²) in [6.07, 6.45) is 1.61. The predicted octanol–water partition coefficient (Wildman–Crippen LogP) is 4.38. The molecule has 2 aromatic heterocycles. The van der Waals surface area contributed by atoms with Crippen LogP contribution in [0.4, 0.5) is 0 Å². The van der Waals surface area contributed by atoms with Crippen LogP contribution in [0, 0.1) is 0 Å². The molecule has 6 heteroatoms. The molecule has 2 N–H and O–H groups in total. The minimum absolute atomic E-state index is 0.203. The zero-order valence-electron chi connectivity index (χ0n) is 15.4. The van der Waals surface area contributed by atoms with Gasteiger partial charge in [-0.25, -0.2) is 4.98 Å². The predicted molar refractivity (Wildman–Crippen MR) is 113 cm³/mol. The Morgan fingerprint density at radius 1 is 0.964 bits per heavy atom. The SMILES string of the molecule is CCCc1cc(=O)[nH]c(Sc2c(-c3ccccc3)c3ccccc3[nH]c2=O)n1. The van der Waals surface area contributed by atoms with E-state index in [1.807, 2.05) is 61.5 Å². The average molecular weight is 389 g/mol. The van der Waals surface area contributed by atoms with E-state index in [-0.39, 0.29) is 11.1 Å². The van der Waals surface area contributed by atoms with Crippen molar-refractivity contribution in [3.8, 4) is 11.1 Å². The lowest BCUT2D eigenvalue weighted by Crippen LogP contribution is -2.13. The second kappa shape index (κ2) is 7.86. The molecule has 0 spiro atoms. The van der Waals surface area contributed by atoms with Gasteiger partial charge in [-0.05, 0) is 29.8 Å². The van der Waals surface area contributed by atoms with Crippen molar-refractivity contribution >= 4 is 22.7 Å². The molecular weight excluding hydrogens is 370 g/mol. The van der Waals surface area contributed by atoms with Crippen molar-refractivity contribution in [3.63, 3.8) is 0 Å². The van der Waals surface area contributed by atoms with E-state index in [1.165, 1.54) is 17.8 Å². The average Bonchev–Trinajstić information content (AvgIpc) is 2.69. The lowest BCUT2D eigenvalue weighted by atomic mass is 10.0. The van der Waals surface area contributed by atoms with Crippen LogP contribution in [0.5, 0.6) is 0 Å². The first kappa shape index (κ1) is 18.3. The van der Waals surface area contributed by atoms with Crippen molar-refractivity contribution in [2.45, 2.75) is 29.8 Å². The van der Waals surface area contributed by atoms with Gasteiger partial charge in [0, 0.05) is 28.2 Å². The van der Waals surface area contributed by atoms with Gasteiger partial charge >= 0.3 is 0 Å². The molecule has 0 aliphatic carbocycles. The lowest BCUT2D eigenvalue weighted by Gasteiger charge is -2.12. The van der Waals surface area contributed by atoms with Crippen LogP contribution in [0.25, 0.3) is 22.0 Å². The van der Waals surface area contributed by atoms with E-state index < -0.39 is 0 Å². The van der Waals surface area contributed by atoms with E-state index in [1.54, 1.807) is 0 Å². The van der Waals surface area contributed by atoms with Crippen molar-refractivity contribution in [3.05, 3.63) is 87.1 Å². The summed E-state index contributed by atoms with van der Waals surface area (Å²) < 4.78 is 0. The Morgan fingerprint density at radius 3 is 2.50 bits per heavy atom. The third-order valence-corrected chi connectivity index (χ3v) is 5.40. The highest BCUT2D eigenvalue weighted by Gasteiger charge is 2.17. The fourth-order valence-corrected chi connectivity index (χ4v) is 4.21. The molecule has 2 heterocycles. The molecule has 0 amide bonds. The number of pyridine rings is 1. The van der Waals surface area contributed by atoms with Crippen molar-refractivity contribution in [2.75, 3.05) is 0 Å². The summed E-state index contributed by atoms with van der Waals surface area (Å²) >= 11 is 1.19. The Bertz CT molecular complexity index is 1250. The maximum absolute atomic E-state index is 12.9. The Kier molecular flexibility index (Phi) is 5.12. The molecule has 0 aliphatic rings. The maximum Gasteiger partial charge on any atom is 0.263 e. The smallest absolute Gasteiger partial charge is 0.263 e. The van der Waals surface area contributed by atoms with E-state index in [4.69, 9.17) is 0 Å². The molecule has 2 aromatic carbocycles. The number of aromatic nitrogens is 3. The number of aromatic amines is 2. The molecule has 0 fully saturated rings. The number of nitrogens with zero attached hydrogens (tertiary/aromatic N) is 1. The van der Waals surface area contributed by atoms with Crippen LogP contribution in [0.15, 0.2) is 80.3 Å². The second-order valence-electron chi connectivity index (χ2n) is 6.46. The number of para-hydroxylation sites is 1. The van der Waals surface area contributed by atoms with Crippen molar-refractivity contribution in [1.82, 2.24) is 15.0 Å². The quantitative estimate of drug-likeness (QED) is 0.497. The molecule has 0 saturated heterocycles. The monoisotopic (exact) mass is 389 g/mol. The molecule has 0 aliphatic heterocycles. The summed E-state index contributed by atoms with van der Waals surface area (Å²) in [4.78, 5) is 35.7. The van der Waals surface area contributed by atoms with Crippen LogP contribution >= 0.6 is 11.8 Å². The third-order valence-electron chi connectivity index (χ3n) is 4.42. The van der Waals surface area contributed by atoms with Gasteiger partial charge in [-0.3, -0.25) is 9.59 Å². The molecule has 0 bridgehead atoms. The number of nitrogens with one attached hydrogen (secondary N) is 2. The Labute approximate surface area is 165 Å². The van der Waals surface area contributed by atoms with Crippen LogP contribution in [-0.4, -0.2) is 15.0 Å². The molecule has 0 saturated carbocycles. The van der Waals surface area contributed by atoms with E-state index in [0.29, 0.717) is 10.1 Å². The highest BCUT2D eigenvalue weighted by Crippen LogP contribution is 2.36. The summed E-state index contributed by atoms with van der Waals surface area (Å²) in [6.45, 7) is 2.04. The van der Waals surface area contributed by atoms with Crippen molar-refractivity contribution < 1.29 is 0 Å². The molecule has 4 aromatic rings. The number of hydrogen-bond donors (Lipinski definition) is 2. The highest BCUT2D eigenvalue weighted by molar-refractivity contribution is 7.99. The largest absolute Gasteiger partial charge is 0.321 e. The van der Waals surface area contributed by atoms with Gasteiger partial charge in [0.25, 0.3) is 11.1 Å². The van der Waals surface area contributed by atoms with Crippen LogP contribution < -0.4 is 11.1 Å². The fraction of sp³-hybridized carbons (Fsp3) is 0.136. The highest BCUT2D eigenvalue weighted by atomic mass is 32.2. The first-order valence-electron chi connectivity index (χ1n) is 9.14. The molecule has 0 radical (unpaired) electrons. The topological polar surface area (TPSA) is 78.6 Å². The Balaban J connectivity index is 1.94. The van der Waals surface area contributed by atoms with Gasteiger partial charge < -0.3 is 9.97 Å². The van der Waals surface area contributed by atoms with Crippen LogP contribution in [0.2, 0.25) is 0 Å². The molecule has 5 nitrogen and oxygen atoms in total. The summed E-state index contributed by atoms with van der Waals surface area (Å²) in [5.41, 5.74) is 2.88. The zero-order valence-corrected chi connectivity index (χ0v) is 16.2. The minimum atomic E-state index is -0.209. The molecule has 4 rings (SSSR count). The second-order valence-corrected chi connectivity index (χ2v) is 7.46. The number of H-pyrrole nitrogens is 2. The van der Waals surface area contributed by atoms with Crippen LogP contribution in [-0.2, 0) is 6.42 Å². The van der Waals surface area contributed by atoms with Gasteiger partial charge in [-0.2, -0.15) is 0 Å². The maximum atomic E-state index is 12.9. The molecule has 140 valence electrons. The van der Waals surface area contributed by atoms with Gasteiger partial charge in [0.15, 0.2) is 5.16 Å². The molecule has 0 atom stereocenters. The van der Waals surface area contributed by atoms with Gasteiger partial charge in [0.05, 0.1) is 4.90 Å². The summed E-state index contributed by atoms with van der Waals surface area (Å²) in [5, 5.41) is 1.37. The number of fused-ring (bicyclic) bond motifs is 1. The number of aryl methyl sites for hydroxylation is 1. The Morgan fingerprint density at radius 2 is 1.71 bits per heavy atom. The summed E-state index contributed by atoms with van der Waals surface area (Å²) in [5.74, 6) is 0. The fourth-order valence-electron chi connectivity index (χ4n) is 3.23. The zero-order chi connectivity index (χ0) is 19.5. The third kappa shape index (κ3) is 3.64. The van der Waals surface area contributed by atoms with Gasteiger partial charge in [0.2, 0.25) is 0 Å². The van der Waals surface area contributed by atoms with E-state index >= 15 is 0 Å². The van der Waals surface area contributed by atoms with Gasteiger partial charge in [0.1, 0.15) is 0 Å². The molecular formula is C22H19N3O2S. The Hall–Kier alpha value is -3.12. The van der Waals surface area contributed by atoms with Gasteiger partial charge in [-0.15, -0.1) is 0 Å². The minimum Gasteiger partial charge on any atom is -0.321 e. The normalized spacial score (nSPS) is 11.0. The van der Waals surface area contributed by atoms with E-state index in [2.05, 4.69) is 15.0 Å². The van der Waals surface area contributed by atoms with Gasteiger partial charge in [-0.1, -0.05) is 61.9 Å². The van der Waals surface area contributed by atoms with Crippen LogP contribution in [0.1, 0.15) is 19.0 Å². The number of hydrogen-bond acceptors (Lipinski definition) is 4. The lowest BCUT2D eigenvalue weighted by molar-refractivity contribution is 0.815. The van der Waals surface area contributed by atoms with Crippen molar-refractivity contribution in [2.24, 2.45) is 0 Å². The standard InChI is InChI=1S/C22H19N3O2S/c1-2-8-15-13-18(26)25-22(23-15)28-20-19(14-9-4-3-5-10-14)16-11-6-7-12-17(16)24-21(20)27/h3-7,9-13H,2,8H2,1H3,(H,24,27)(H,23,25,26). The van der Waals surface area contributed by atoms with E-state index in [0.717, 1.165) is 40.6 Å². The summed E-state index contributed by atoms with van der Waals surface area (Å²) in [6, 6.07) is 19.0. The number of rotatable bonds is 5. The summed E-state index contributed by atoms with van der Waals surface area (Å²) in [7, 11) is 0. The number of benzene rings is 2. The molecule has 28 heavy (non-hydrogen) atoms. The van der Waals surface area contributed by atoms with Crippen molar-refractivity contribution in [1.29, 1.82) is 0 Å². The first-order chi connectivity index (χ1) is 13.7. The van der Waals surface area contributed by atoms with Crippen LogP contribution in [0.3, 0.4) is 0 Å².